The number of nitrogens with zero attached hydrogens (tertiary/aromatic N) is 2. The van der Waals surface area contributed by atoms with Gasteiger partial charge < -0.3 is 5.32 Å². The predicted octanol–water partition coefficient (Wildman–Crippen LogP) is 3.57. The Morgan fingerprint density at radius 2 is 1.82 bits per heavy atom. The van der Waals surface area contributed by atoms with Crippen molar-refractivity contribution in [2.24, 2.45) is 0 Å². The summed E-state index contributed by atoms with van der Waals surface area (Å²) >= 11 is 10.6. The van der Waals surface area contributed by atoms with E-state index < -0.39 is 0 Å². The molecule has 3 N–H and O–H groups in total. The van der Waals surface area contributed by atoms with E-state index in [1.54, 1.807) is 4.68 Å². The van der Waals surface area contributed by atoms with E-state index in [1.165, 1.54) is 11.1 Å². The first kappa shape index (κ1) is 16.6. The maximum Gasteiger partial charge on any atom is 0.214 e. The number of nitrogens with one attached hydrogen (secondary N) is 3. The van der Waals surface area contributed by atoms with Crippen LogP contribution in [-0.4, -0.2) is 20.0 Å². The molecule has 0 aliphatic heterocycles. The number of hydrogen-bond acceptors (Lipinski definition) is 3. The second-order valence-electron chi connectivity index (χ2n) is 4.86. The smallest absolute Gasteiger partial charge is 0.214 e. The Bertz CT molecular complexity index is 695. The number of aromatic amines is 1. The van der Waals surface area contributed by atoms with Gasteiger partial charge in [-0.15, -0.1) is 0 Å². The van der Waals surface area contributed by atoms with E-state index >= 15 is 0 Å². The topological polar surface area (TPSA) is 57.7 Å². The molecular weight excluding hydrogens is 314 g/mol. The lowest BCUT2D eigenvalue weighted by atomic mass is 10.0. The van der Waals surface area contributed by atoms with E-state index in [0.29, 0.717) is 9.88 Å². The Morgan fingerprint density at radius 1 is 1.18 bits per heavy atom. The summed E-state index contributed by atoms with van der Waals surface area (Å²) in [6, 6.07) is 6.32. The van der Waals surface area contributed by atoms with Gasteiger partial charge in [0, 0.05) is 12.1 Å². The maximum absolute atomic E-state index is 5.44. The first-order valence-electron chi connectivity index (χ1n) is 7.45. The van der Waals surface area contributed by atoms with E-state index in [-0.39, 0.29) is 0 Å². The molecule has 0 saturated heterocycles. The van der Waals surface area contributed by atoms with Crippen molar-refractivity contribution in [2.45, 2.75) is 40.0 Å². The summed E-state index contributed by atoms with van der Waals surface area (Å²) in [5, 5.41) is 10.7. The first-order chi connectivity index (χ1) is 10.6. The van der Waals surface area contributed by atoms with Crippen molar-refractivity contribution in [3.8, 4) is 0 Å². The number of hydrogen-bond donors (Lipinski definition) is 3. The van der Waals surface area contributed by atoms with Gasteiger partial charge in [-0.3, -0.25) is 10.5 Å². The molecule has 0 saturated carbocycles. The molecule has 2 rings (SSSR count). The first-order valence-corrected chi connectivity index (χ1v) is 8.27. The Balaban J connectivity index is 2.22. The highest BCUT2D eigenvalue weighted by Gasteiger charge is 2.10. The van der Waals surface area contributed by atoms with Crippen LogP contribution in [0.1, 0.15) is 37.7 Å². The third-order valence-corrected chi connectivity index (χ3v) is 3.98. The van der Waals surface area contributed by atoms with Gasteiger partial charge in [0.2, 0.25) is 4.77 Å². The maximum atomic E-state index is 5.44. The van der Waals surface area contributed by atoms with Crippen LogP contribution in [0.5, 0.6) is 0 Å². The monoisotopic (exact) mass is 335 g/mol. The number of benzene rings is 1. The Morgan fingerprint density at radius 3 is 2.36 bits per heavy atom. The number of para-hydroxylation sites is 1. The van der Waals surface area contributed by atoms with Gasteiger partial charge in [0.15, 0.2) is 10.9 Å². The molecule has 2 aromatic rings. The van der Waals surface area contributed by atoms with E-state index in [0.717, 1.165) is 30.8 Å². The highest BCUT2D eigenvalue weighted by atomic mass is 32.1. The lowest BCUT2D eigenvalue weighted by Crippen LogP contribution is -2.29. The molecule has 1 heterocycles. The Kier molecular flexibility index (Phi) is 5.68. The van der Waals surface area contributed by atoms with Crippen molar-refractivity contribution < 1.29 is 0 Å². The normalized spacial score (nSPS) is 10.5. The van der Waals surface area contributed by atoms with Crippen LogP contribution in [0.4, 0.5) is 5.69 Å². The molecule has 7 heteroatoms. The van der Waals surface area contributed by atoms with Crippen LogP contribution in [0, 0.1) is 4.77 Å². The highest BCUT2D eigenvalue weighted by Crippen LogP contribution is 2.22. The van der Waals surface area contributed by atoms with Crippen molar-refractivity contribution in [1.82, 2.24) is 14.9 Å². The van der Waals surface area contributed by atoms with Crippen LogP contribution in [0.3, 0.4) is 0 Å². The van der Waals surface area contributed by atoms with Gasteiger partial charge in [-0.05, 0) is 48.4 Å². The molecule has 1 aromatic heterocycles. The fourth-order valence-electron chi connectivity index (χ4n) is 2.33. The molecule has 0 bridgehead atoms. The predicted molar refractivity (Wildman–Crippen MR) is 97.6 cm³/mol. The van der Waals surface area contributed by atoms with Gasteiger partial charge in [0.1, 0.15) is 0 Å². The zero-order valence-corrected chi connectivity index (χ0v) is 14.7. The number of aromatic nitrogens is 3. The molecule has 0 aliphatic carbocycles. The summed E-state index contributed by atoms with van der Waals surface area (Å²) in [6.45, 7) is 6.29. The lowest BCUT2D eigenvalue weighted by Gasteiger charge is -2.17. The Hall–Kier alpha value is -1.73. The Labute approximate surface area is 141 Å². The summed E-state index contributed by atoms with van der Waals surface area (Å²) in [6.07, 6.45) is 2.66. The molecule has 0 amide bonds. The van der Waals surface area contributed by atoms with Crippen LogP contribution in [-0.2, 0) is 19.3 Å². The third kappa shape index (κ3) is 3.53. The number of aryl methyl sites for hydroxylation is 3. The van der Waals surface area contributed by atoms with Crippen LogP contribution in [0.2, 0.25) is 0 Å². The van der Waals surface area contributed by atoms with E-state index in [2.05, 4.69) is 53.0 Å². The summed E-state index contributed by atoms with van der Waals surface area (Å²) < 4.78 is 2.20. The molecule has 0 fully saturated rings. The molecule has 1 aromatic carbocycles. The molecule has 0 spiro atoms. The average Bonchev–Trinajstić information content (AvgIpc) is 2.87. The summed E-state index contributed by atoms with van der Waals surface area (Å²) in [5.41, 5.74) is 6.67. The van der Waals surface area contributed by atoms with Gasteiger partial charge >= 0.3 is 0 Å². The van der Waals surface area contributed by atoms with Gasteiger partial charge in [-0.1, -0.05) is 39.0 Å². The number of rotatable bonds is 5. The molecule has 5 nitrogen and oxygen atoms in total. The highest BCUT2D eigenvalue weighted by molar-refractivity contribution is 7.80. The van der Waals surface area contributed by atoms with Crippen LogP contribution in [0.15, 0.2) is 18.2 Å². The second kappa shape index (κ2) is 7.51. The summed E-state index contributed by atoms with van der Waals surface area (Å²) in [7, 11) is 0. The molecule has 0 aliphatic rings. The third-order valence-electron chi connectivity index (χ3n) is 3.51. The van der Waals surface area contributed by atoms with Gasteiger partial charge in [0.05, 0.1) is 0 Å². The van der Waals surface area contributed by atoms with Crippen LogP contribution in [0.25, 0.3) is 0 Å². The zero-order valence-electron chi connectivity index (χ0n) is 13.1. The van der Waals surface area contributed by atoms with E-state index in [1.807, 2.05) is 6.92 Å². The molecule has 0 atom stereocenters. The lowest BCUT2D eigenvalue weighted by molar-refractivity contribution is 0.839. The number of H-pyrrole nitrogens is 1. The fraction of sp³-hybridized carbons (Fsp3) is 0.400. The van der Waals surface area contributed by atoms with Crippen molar-refractivity contribution in [3.05, 3.63) is 39.9 Å². The molecular formula is C15H21N5S2. The largest absolute Gasteiger partial charge is 0.331 e. The summed E-state index contributed by atoms with van der Waals surface area (Å²) in [4.78, 5) is 0. The van der Waals surface area contributed by atoms with Gasteiger partial charge in [-0.2, -0.15) is 5.10 Å². The minimum Gasteiger partial charge on any atom is -0.331 e. The van der Waals surface area contributed by atoms with Crippen molar-refractivity contribution >= 4 is 35.2 Å². The SMILES string of the molecule is CCc1cccc(CC)c1NC(=S)Nn1c(CC)n[nH]c1=S. The quantitative estimate of drug-likeness (QED) is 0.729. The van der Waals surface area contributed by atoms with Crippen molar-refractivity contribution in [3.63, 3.8) is 0 Å². The molecule has 22 heavy (non-hydrogen) atoms. The fourth-order valence-corrected chi connectivity index (χ4v) is 2.72. The van der Waals surface area contributed by atoms with E-state index in [4.69, 9.17) is 24.4 Å². The molecule has 0 unspecified atom stereocenters. The van der Waals surface area contributed by atoms with Crippen molar-refractivity contribution in [1.29, 1.82) is 0 Å². The number of anilines is 1. The minimum absolute atomic E-state index is 0.500. The summed E-state index contributed by atoms with van der Waals surface area (Å²) in [5.74, 6) is 0.814. The van der Waals surface area contributed by atoms with Gasteiger partial charge in [0.25, 0.3) is 0 Å². The van der Waals surface area contributed by atoms with E-state index in [9.17, 15) is 0 Å². The second-order valence-corrected chi connectivity index (χ2v) is 5.65. The van der Waals surface area contributed by atoms with Gasteiger partial charge in [-0.25, -0.2) is 4.68 Å². The molecule has 0 radical (unpaired) electrons. The average molecular weight is 336 g/mol. The molecule has 118 valence electrons. The minimum atomic E-state index is 0.500. The standard InChI is InChI=1S/C15H21N5S2/c1-4-10-8-7-9-11(5-2)13(10)16-14(21)19-20-12(6-3)17-18-15(20)22/h7-9H,4-6H2,1-3H3,(H,18,22)(H2,16,19,21). The van der Waals surface area contributed by atoms with Crippen molar-refractivity contribution in [2.75, 3.05) is 10.7 Å². The zero-order chi connectivity index (χ0) is 16.1. The van der Waals surface area contributed by atoms with Crippen LogP contribution < -0.4 is 10.7 Å². The number of thiocarbonyl (C=S) groups is 1. The van der Waals surface area contributed by atoms with Crippen LogP contribution >= 0.6 is 24.4 Å².